The number of nitrogens with zero attached hydrogens (tertiary/aromatic N) is 5. The quantitative estimate of drug-likeness (QED) is 0.216. The number of carbonyl (C=O) groups is 1. The standard InChI is InChI=1S/C30H25F4N7O3/c1-3-36-22-7-16(31)6-18-17(22)8-23-24(18)25(41-12-15(9-35)27(39-41)30(32,33)34)20(11-37-23)14-5-19-26(42)21(29(43)44)13-40(4-2)28(19)38-10-14/h5-7,10-13,36H,3-4,8-9,35H2,1-2H3,(H,43,44). The predicted molar refractivity (Wildman–Crippen MR) is 154 cm³/mol. The Balaban J connectivity index is 1.70. The number of benzene rings is 1. The minimum absolute atomic E-state index is 0.00401. The molecular weight excluding hydrogens is 582 g/mol. The minimum atomic E-state index is -4.80. The van der Waals surface area contributed by atoms with Gasteiger partial charge in [0.2, 0.25) is 5.43 Å². The van der Waals surface area contributed by atoms with Gasteiger partial charge >= 0.3 is 12.1 Å². The molecule has 0 amide bonds. The summed E-state index contributed by atoms with van der Waals surface area (Å²) in [6.07, 6.45) is 0.712. The highest BCUT2D eigenvalue weighted by atomic mass is 19.4. The molecule has 226 valence electrons. The number of alkyl halides is 3. The first-order chi connectivity index (χ1) is 21.0. The van der Waals surface area contributed by atoms with Gasteiger partial charge in [-0.15, -0.1) is 0 Å². The molecule has 1 aromatic carbocycles. The Labute approximate surface area is 246 Å². The van der Waals surface area contributed by atoms with Gasteiger partial charge in [0.25, 0.3) is 0 Å². The molecule has 0 fully saturated rings. The lowest BCUT2D eigenvalue weighted by Gasteiger charge is -2.17. The van der Waals surface area contributed by atoms with Crippen molar-refractivity contribution >= 4 is 22.7 Å². The summed E-state index contributed by atoms with van der Waals surface area (Å²) in [4.78, 5) is 34.1. The van der Waals surface area contributed by atoms with Crippen LogP contribution in [0.3, 0.4) is 0 Å². The molecule has 0 saturated heterocycles. The SMILES string of the molecule is CCNc1cc(F)cc2c1Cc1ncc(-c3cnc4c(c3)c(=O)c(C(=O)O)cn4CC)c(-n3cc(CN)c(C(F)(F)F)n3)c1-2. The van der Waals surface area contributed by atoms with Crippen molar-refractivity contribution in [2.45, 2.75) is 39.5 Å². The molecule has 4 heterocycles. The number of pyridine rings is 3. The molecule has 44 heavy (non-hydrogen) atoms. The molecule has 0 bridgehead atoms. The number of carboxylic acid groups (broad SMARTS) is 1. The Morgan fingerprint density at radius 1 is 1.11 bits per heavy atom. The second kappa shape index (κ2) is 10.6. The van der Waals surface area contributed by atoms with Crippen molar-refractivity contribution in [2.24, 2.45) is 5.73 Å². The molecule has 0 radical (unpaired) electrons. The number of aromatic nitrogens is 5. The second-order valence-corrected chi connectivity index (χ2v) is 10.2. The molecule has 4 N–H and O–H groups in total. The molecule has 6 rings (SSSR count). The fraction of sp³-hybridized carbons (Fsp3) is 0.233. The topological polar surface area (TPSA) is 141 Å². The van der Waals surface area contributed by atoms with Crippen molar-refractivity contribution in [2.75, 3.05) is 11.9 Å². The molecular formula is C30H25F4N7O3. The van der Waals surface area contributed by atoms with Crippen molar-refractivity contribution in [1.29, 1.82) is 0 Å². The zero-order chi connectivity index (χ0) is 31.5. The van der Waals surface area contributed by atoms with Gasteiger partial charge in [0.05, 0.1) is 16.8 Å². The highest BCUT2D eigenvalue weighted by Crippen LogP contribution is 2.46. The molecule has 0 unspecified atom stereocenters. The smallest absolute Gasteiger partial charge is 0.435 e. The largest absolute Gasteiger partial charge is 0.477 e. The first-order valence-corrected chi connectivity index (χ1v) is 13.7. The number of aromatic carboxylic acids is 1. The van der Waals surface area contributed by atoms with Crippen LogP contribution >= 0.6 is 0 Å². The number of hydrogen-bond donors (Lipinski definition) is 3. The van der Waals surface area contributed by atoms with E-state index in [1.165, 1.54) is 47.6 Å². The third-order valence-electron chi connectivity index (χ3n) is 7.63. The van der Waals surface area contributed by atoms with Gasteiger partial charge in [0.1, 0.15) is 17.0 Å². The average molecular weight is 608 g/mol. The van der Waals surface area contributed by atoms with E-state index < -0.39 is 41.2 Å². The molecule has 0 atom stereocenters. The van der Waals surface area contributed by atoms with Crippen LogP contribution in [0.4, 0.5) is 23.2 Å². The van der Waals surface area contributed by atoms with Gasteiger partial charge in [-0.1, -0.05) is 0 Å². The van der Waals surface area contributed by atoms with Crippen LogP contribution in [-0.4, -0.2) is 41.9 Å². The maximum Gasteiger partial charge on any atom is 0.435 e. The van der Waals surface area contributed by atoms with E-state index in [1.807, 2.05) is 6.92 Å². The van der Waals surface area contributed by atoms with E-state index in [2.05, 4.69) is 20.4 Å². The summed E-state index contributed by atoms with van der Waals surface area (Å²) in [6, 6.07) is 4.08. The van der Waals surface area contributed by atoms with Gasteiger partial charge in [0.15, 0.2) is 5.69 Å². The molecule has 0 spiro atoms. The Bertz CT molecular complexity index is 2050. The van der Waals surface area contributed by atoms with Gasteiger partial charge in [0, 0.05) is 78.8 Å². The highest BCUT2D eigenvalue weighted by molar-refractivity contribution is 5.95. The van der Waals surface area contributed by atoms with Crippen LogP contribution in [0.2, 0.25) is 0 Å². The maximum atomic E-state index is 14.9. The van der Waals surface area contributed by atoms with Crippen LogP contribution in [0.25, 0.3) is 39.0 Å². The molecule has 1 aliphatic carbocycles. The van der Waals surface area contributed by atoms with E-state index in [0.717, 1.165) is 4.68 Å². The predicted octanol–water partition coefficient (Wildman–Crippen LogP) is 4.98. The third kappa shape index (κ3) is 4.58. The first kappa shape index (κ1) is 29.0. The monoisotopic (exact) mass is 607 g/mol. The van der Waals surface area contributed by atoms with Gasteiger partial charge in [-0.05, 0) is 43.2 Å². The number of halogens is 4. The lowest BCUT2D eigenvalue weighted by atomic mass is 9.98. The number of carboxylic acids is 1. The lowest BCUT2D eigenvalue weighted by Crippen LogP contribution is -2.19. The molecule has 0 saturated carbocycles. The zero-order valence-electron chi connectivity index (χ0n) is 23.5. The normalized spacial score (nSPS) is 12.4. The fourth-order valence-corrected chi connectivity index (χ4v) is 5.70. The van der Waals surface area contributed by atoms with Crippen molar-refractivity contribution in [1.82, 2.24) is 24.3 Å². The summed E-state index contributed by atoms with van der Waals surface area (Å²) in [5, 5.41) is 16.7. The van der Waals surface area contributed by atoms with E-state index in [9.17, 15) is 32.3 Å². The fourth-order valence-electron chi connectivity index (χ4n) is 5.70. The van der Waals surface area contributed by atoms with Crippen LogP contribution in [0.15, 0.2) is 47.8 Å². The van der Waals surface area contributed by atoms with Gasteiger partial charge in [-0.2, -0.15) is 18.3 Å². The van der Waals surface area contributed by atoms with E-state index >= 15 is 0 Å². The maximum absolute atomic E-state index is 14.9. The van der Waals surface area contributed by atoms with E-state index in [1.54, 1.807) is 6.92 Å². The van der Waals surface area contributed by atoms with Crippen LogP contribution in [0.1, 0.15) is 46.7 Å². The van der Waals surface area contributed by atoms with Crippen LogP contribution in [0, 0.1) is 5.82 Å². The van der Waals surface area contributed by atoms with Crippen LogP contribution < -0.4 is 16.5 Å². The molecule has 0 aliphatic heterocycles. The first-order valence-electron chi connectivity index (χ1n) is 13.7. The van der Waals surface area contributed by atoms with E-state index in [4.69, 9.17) is 5.73 Å². The average Bonchev–Trinajstić information content (AvgIpc) is 3.59. The van der Waals surface area contributed by atoms with Crippen LogP contribution in [-0.2, 0) is 25.7 Å². The molecule has 10 nitrogen and oxygen atoms in total. The third-order valence-corrected chi connectivity index (χ3v) is 7.63. The van der Waals surface area contributed by atoms with Crippen LogP contribution in [0.5, 0.6) is 0 Å². The van der Waals surface area contributed by atoms with Gasteiger partial charge in [-0.3, -0.25) is 9.78 Å². The summed E-state index contributed by atoms with van der Waals surface area (Å²) >= 11 is 0. The second-order valence-electron chi connectivity index (χ2n) is 10.2. The Morgan fingerprint density at radius 3 is 2.52 bits per heavy atom. The lowest BCUT2D eigenvalue weighted by molar-refractivity contribution is -0.141. The van der Waals surface area contributed by atoms with Gasteiger partial charge in [-0.25, -0.2) is 18.9 Å². The van der Waals surface area contributed by atoms with Crippen molar-refractivity contribution < 1.29 is 27.5 Å². The zero-order valence-corrected chi connectivity index (χ0v) is 23.5. The van der Waals surface area contributed by atoms with Crippen molar-refractivity contribution in [3.05, 3.63) is 87.1 Å². The number of aryl methyl sites for hydroxylation is 1. The summed E-state index contributed by atoms with van der Waals surface area (Å²) < 4.78 is 59.5. The number of nitrogens with two attached hydrogens (primary N) is 1. The Morgan fingerprint density at radius 2 is 1.89 bits per heavy atom. The number of rotatable bonds is 7. The highest BCUT2D eigenvalue weighted by Gasteiger charge is 2.38. The van der Waals surface area contributed by atoms with Gasteiger partial charge < -0.3 is 20.7 Å². The summed E-state index contributed by atoms with van der Waals surface area (Å²) in [7, 11) is 0. The van der Waals surface area contributed by atoms with E-state index in [-0.39, 0.29) is 39.8 Å². The molecule has 5 aromatic rings. The number of nitrogens with one attached hydrogen (secondary N) is 1. The molecule has 1 aliphatic rings. The Kier molecular flexibility index (Phi) is 6.95. The Hall–Kier alpha value is -5.11. The van der Waals surface area contributed by atoms with Crippen molar-refractivity contribution in [3.8, 4) is 27.9 Å². The number of anilines is 1. The molecule has 4 aromatic heterocycles. The van der Waals surface area contributed by atoms with E-state index in [0.29, 0.717) is 41.2 Å². The van der Waals surface area contributed by atoms with Crippen molar-refractivity contribution in [3.63, 3.8) is 0 Å². The number of hydrogen-bond acceptors (Lipinski definition) is 7. The number of fused-ring (bicyclic) bond motifs is 4. The summed E-state index contributed by atoms with van der Waals surface area (Å²) in [5.74, 6) is -1.97. The minimum Gasteiger partial charge on any atom is -0.477 e. The summed E-state index contributed by atoms with van der Waals surface area (Å²) in [5.41, 5.74) is 6.42. The summed E-state index contributed by atoms with van der Waals surface area (Å²) in [6.45, 7) is 3.99. The molecule has 14 heteroatoms.